The van der Waals surface area contributed by atoms with Gasteiger partial charge in [0.1, 0.15) is 11.7 Å². The van der Waals surface area contributed by atoms with Crippen molar-refractivity contribution in [3.8, 4) is 10.4 Å². The van der Waals surface area contributed by atoms with E-state index in [-0.39, 0.29) is 11.8 Å². The fraction of sp³-hybridized carbons (Fsp3) is 0.353. The third-order valence-electron chi connectivity index (χ3n) is 4.84. The van der Waals surface area contributed by atoms with Crippen LogP contribution in [0.4, 0.5) is 0 Å². The topological polar surface area (TPSA) is 76.3 Å². The summed E-state index contributed by atoms with van der Waals surface area (Å²) in [5.74, 6) is -0.155. The molecule has 0 radical (unpaired) electrons. The van der Waals surface area contributed by atoms with Gasteiger partial charge in [0.25, 0.3) is 5.91 Å². The van der Waals surface area contributed by atoms with Crippen LogP contribution in [-0.2, 0) is 4.79 Å². The number of hydrogen-bond acceptors (Lipinski definition) is 4. The van der Waals surface area contributed by atoms with Crippen molar-refractivity contribution in [2.75, 3.05) is 6.54 Å². The van der Waals surface area contributed by atoms with Crippen LogP contribution in [0.3, 0.4) is 0 Å². The van der Waals surface area contributed by atoms with E-state index in [9.17, 15) is 9.59 Å². The normalized spacial score (nSPS) is 24.3. The Hall–Kier alpha value is -1.63. The summed E-state index contributed by atoms with van der Waals surface area (Å²) in [6.45, 7) is 2.38. The third kappa shape index (κ3) is 2.72. The fourth-order valence-corrected chi connectivity index (χ4v) is 5.00. The lowest BCUT2D eigenvalue weighted by Crippen LogP contribution is -2.46. The van der Waals surface area contributed by atoms with E-state index >= 15 is 0 Å². The highest BCUT2D eigenvalue weighted by Crippen LogP contribution is 2.50. The zero-order valence-corrected chi connectivity index (χ0v) is 15.7. The van der Waals surface area contributed by atoms with E-state index in [2.05, 4.69) is 4.98 Å². The molecule has 0 spiro atoms. The van der Waals surface area contributed by atoms with E-state index in [1.54, 1.807) is 17.0 Å². The van der Waals surface area contributed by atoms with Crippen molar-refractivity contribution in [3.63, 3.8) is 0 Å². The van der Waals surface area contributed by atoms with Crippen molar-refractivity contribution in [2.24, 2.45) is 17.6 Å². The molecule has 2 heterocycles. The van der Waals surface area contributed by atoms with E-state index in [4.69, 9.17) is 28.9 Å². The summed E-state index contributed by atoms with van der Waals surface area (Å²) in [5, 5.41) is 1.55. The van der Waals surface area contributed by atoms with E-state index < -0.39 is 11.9 Å². The molecular formula is C17H15Cl2N3O2S. The number of hydrogen-bond donors (Lipinski definition) is 1. The molecule has 1 aromatic carbocycles. The van der Waals surface area contributed by atoms with Gasteiger partial charge < -0.3 is 10.6 Å². The van der Waals surface area contributed by atoms with Crippen LogP contribution in [0.15, 0.2) is 18.2 Å². The Balaban J connectivity index is 1.75. The van der Waals surface area contributed by atoms with E-state index in [0.29, 0.717) is 38.6 Å². The zero-order valence-electron chi connectivity index (χ0n) is 13.3. The summed E-state index contributed by atoms with van der Waals surface area (Å²) >= 11 is 13.8. The number of aromatic nitrogens is 1. The first-order valence-corrected chi connectivity index (χ1v) is 9.47. The number of fused-ring (bicyclic) bond motifs is 1. The van der Waals surface area contributed by atoms with Crippen LogP contribution in [0.2, 0.25) is 10.0 Å². The summed E-state index contributed by atoms with van der Waals surface area (Å²) in [7, 11) is 0. The van der Waals surface area contributed by atoms with Crippen LogP contribution in [0.25, 0.3) is 10.4 Å². The quantitative estimate of drug-likeness (QED) is 0.864. The van der Waals surface area contributed by atoms with E-state index in [0.717, 1.165) is 11.4 Å². The number of nitrogens with zero attached hydrogens (tertiary/aromatic N) is 2. The number of amides is 2. The van der Waals surface area contributed by atoms with Crippen LogP contribution in [0, 0.1) is 18.8 Å². The Labute approximate surface area is 158 Å². The largest absolute Gasteiger partial charge is 0.368 e. The summed E-state index contributed by atoms with van der Waals surface area (Å²) < 4.78 is 0. The first-order chi connectivity index (χ1) is 11.9. The molecule has 3 atom stereocenters. The number of thiazole rings is 1. The van der Waals surface area contributed by atoms with Crippen molar-refractivity contribution in [1.82, 2.24) is 9.88 Å². The van der Waals surface area contributed by atoms with Gasteiger partial charge in [-0.2, -0.15) is 0 Å². The molecule has 0 unspecified atom stereocenters. The van der Waals surface area contributed by atoms with Gasteiger partial charge in [0.15, 0.2) is 0 Å². The molecule has 4 rings (SSSR count). The molecule has 1 aliphatic carbocycles. The number of carbonyl (C=O) groups is 2. The summed E-state index contributed by atoms with van der Waals surface area (Å²) in [4.78, 5) is 31.6. The summed E-state index contributed by atoms with van der Waals surface area (Å²) in [5.41, 5.74) is 6.50. The summed E-state index contributed by atoms with van der Waals surface area (Å²) in [6, 6.07) is 4.75. The van der Waals surface area contributed by atoms with Crippen LogP contribution < -0.4 is 5.73 Å². The minimum atomic E-state index is -0.540. The van der Waals surface area contributed by atoms with Crippen molar-refractivity contribution in [2.45, 2.75) is 19.4 Å². The molecule has 2 aliphatic rings. The standard InChI is InChI=1S/C17H15Cl2N3O2S/c1-7-21-13(15(25-7)9-3-2-4-11(18)12(9)19)17(24)22-6-8-5-10(8)14(22)16(20)23/h2-4,8,10,14H,5-6H2,1H3,(H2,20,23)/t8-,10-,14-/m0/s1. The SMILES string of the molecule is Cc1nc(C(=O)N2C[C@@H]3C[C@@H]3[C@H]2C(N)=O)c(-c2cccc(Cl)c2Cl)s1. The molecule has 5 nitrogen and oxygen atoms in total. The number of halogens is 2. The molecule has 2 aromatic rings. The highest BCUT2D eigenvalue weighted by Gasteiger charge is 2.56. The van der Waals surface area contributed by atoms with Crippen molar-refractivity contribution in [1.29, 1.82) is 0 Å². The third-order valence-corrected chi connectivity index (χ3v) is 6.66. The number of nitrogens with two attached hydrogens (primary N) is 1. The second kappa shape index (κ2) is 5.97. The number of primary amides is 1. The highest BCUT2D eigenvalue weighted by molar-refractivity contribution is 7.15. The molecule has 2 fully saturated rings. The van der Waals surface area contributed by atoms with Crippen LogP contribution >= 0.6 is 34.5 Å². The maximum Gasteiger partial charge on any atom is 0.274 e. The molecule has 1 aromatic heterocycles. The number of likely N-dealkylation sites (tertiary alicyclic amines) is 1. The fourth-order valence-electron chi connectivity index (χ4n) is 3.61. The molecule has 25 heavy (non-hydrogen) atoms. The van der Waals surface area contributed by atoms with Gasteiger partial charge in [-0.1, -0.05) is 35.3 Å². The van der Waals surface area contributed by atoms with Crippen LogP contribution in [-0.4, -0.2) is 34.3 Å². The Kier molecular flexibility index (Phi) is 4.02. The average Bonchev–Trinajstić information content (AvgIpc) is 3.04. The predicted molar refractivity (Wildman–Crippen MR) is 97.9 cm³/mol. The first-order valence-electron chi connectivity index (χ1n) is 7.90. The lowest BCUT2D eigenvalue weighted by Gasteiger charge is -2.24. The Morgan fingerprint density at radius 3 is 2.84 bits per heavy atom. The minimum absolute atomic E-state index is 0.194. The predicted octanol–water partition coefficient (Wildman–Crippen LogP) is 3.37. The minimum Gasteiger partial charge on any atom is -0.368 e. The lowest BCUT2D eigenvalue weighted by molar-refractivity contribution is -0.122. The molecule has 1 saturated carbocycles. The number of carbonyl (C=O) groups excluding carboxylic acids is 2. The molecule has 2 amide bonds. The van der Waals surface area contributed by atoms with Crippen LogP contribution in [0.1, 0.15) is 21.9 Å². The molecule has 1 aliphatic heterocycles. The van der Waals surface area contributed by atoms with Crippen molar-refractivity contribution < 1.29 is 9.59 Å². The molecule has 8 heteroatoms. The van der Waals surface area contributed by atoms with Gasteiger partial charge in [-0.3, -0.25) is 9.59 Å². The van der Waals surface area contributed by atoms with Gasteiger partial charge in [-0.15, -0.1) is 11.3 Å². The van der Waals surface area contributed by atoms with Gasteiger partial charge in [0, 0.05) is 12.1 Å². The summed E-state index contributed by atoms with van der Waals surface area (Å²) in [6.07, 6.45) is 0.959. The maximum absolute atomic E-state index is 13.1. The monoisotopic (exact) mass is 395 g/mol. The Bertz CT molecular complexity index is 898. The smallest absolute Gasteiger partial charge is 0.274 e. The van der Waals surface area contributed by atoms with Gasteiger partial charge in [0.2, 0.25) is 5.91 Å². The second-order valence-corrected chi connectivity index (χ2v) is 8.46. The average molecular weight is 396 g/mol. The lowest BCUT2D eigenvalue weighted by atomic mass is 10.1. The highest BCUT2D eigenvalue weighted by atomic mass is 35.5. The molecule has 1 saturated heterocycles. The molecule has 2 N–H and O–H groups in total. The van der Waals surface area contributed by atoms with Gasteiger partial charge in [-0.05, 0) is 31.2 Å². The molecule has 0 bridgehead atoms. The number of aryl methyl sites for hydroxylation is 1. The maximum atomic E-state index is 13.1. The number of benzene rings is 1. The Morgan fingerprint density at radius 1 is 1.36 bits per heavy atom. The van der Waals surface area contributed by atoms with E-state index in [1.807, 2.05) is 13.0 Å². The van der Waals surface area contributed by atoms with E-state index in [1.165, 1.54) is 11.3 Å². The molecule has 130 valence electrons. The van der Waals surface area contributed by atoms with Crippen molar-refractivity contribution in [3.05, 3.63) is 38.9 Å². The van der Waals surface area contributed by atoms with Crippen LogP contribution in [0.5, 0.6) is 0 Å². The van der Waals surface area contributed by atoms with Crippen molar-refractivity contribution >= 4 is 46.4 Å². The first kappa shape index (κ1) is 16.8. The van der Waals surface area contributed by atoms with Gasteiger partial charge >= 0.3 is 0 Å². The Morgan fingerprint density at radius 2 is 2.12 bits per heavy atom. The van der Waals surface area contributed by atoms with Gasteiger partial charge in [-0.25, -0.2) is 4.98 Å². The number of rotatable bonds is 3. The van der Waals surface area contributed by atoms with Gasteiger partial charge in [0.05, 0.1) is 19.9 Å². The molecular weight excluding hydrogens is 381 g/mol. The zero-order chi connectivity index (χ0) is 17.9. The second-order valence-electron chi connectivity index (χ2n) is 6.48. The number of piperidine rings is 1.